The molecule has 5 heteroatoms. The summed E-state index contributed by atoms with van der Waals surface area (Å²) in [4.78, 5) is 4.35. The normalized spacial score (nSPS) is 10.7. The van der Waals surface area contributed by atoms with E-state index in [2.05, 4.69) is 10.1 Å². The lowest BCUT2D eigenvalue weighted by Gasteiger charge is -2.05. The van der Waals surface area contributed by atoms with Crippen molar-refractivity contribution in [2.24, 2.45) is 0 Å². The Hall–Kier alpha value is -2.56. The second kappa shape index (κ2) is 4.03. The van der Waals surface area contributed by atoms with Gasteiger partial charge < -0.3 is 10.5 Å². The first kappa shape index (κ1) is 10.6. The molecule has 2 aromatic heterocycles. The number of fused-ring (bicyclic) bond motifs is 1. The highest BCUT2D eigenvalue weighted by molar-refractivity contribution is 5.83. The van der Waals surface area contributed by atoms with Gasteiger partial charge in [-0.2, -0.15) is 10.1 Å². The van der Waals surface area contributed by atoms with Gasteiger partial charge in [0.2, 0.25) is 5.88 Å². The Kier molecular flexibility index (Phi) is 2.37. The SMILES string of the molecule is COc1cccc(-n2ncc3ccc(N)cc32)n1. The van der Waals surface area contributed by atoms with Crippen molar-refractivity contribution in [1.29, 1.82) is 0 Å². The molecule has 18 heavy (non-hydrogen) atoms. The van der Waals surface area contributed by atoms with Crippen molar-refractivity contribution in [2.45, 2.75) is 0 Å². The second-order valence-corrected chi connectivity index (χ2v) is 3.91. The van der Waals surface area contributed by atoms with Crippen LogP contribution in [0.25, 0.3) is 16.7 Å². The van der Waals surface area contributed by atoms with E-state index in [9.17, 15) is 0 Å². The number of anilines is 1. The number of benzene rings is 1. The summed E-state index contributed by atoms with van der Waals surface area (Å²) in [5.41, 5.74) is 7.43. The zero-order valence-electron chi connectivity index (χ0n) is 9.87. The van der Waals surface area contributed by atoms with Gasteiger partial charge in [-0.1, -0.05) is 6.07 Å². The van der Waals surface area contributed by atoms with Crippen LogP contribution in [0.5, 0.6) is 5.88 Å². The first-order valence-electron chi connectivity index (χ1n) is 5.52. The van der Waals surface area contributed by atoms with Crippen molar-refractivity contribution in [3.8, 4) is 11.7 Å². The fourth-order valence-electron chi connectivity index (χ4n) is 1.85. The lowest BCUT2D eigenvalue weighted by Crippen LogP contribution is -2.00. The van der Waals surface area contributed by atoms with Gasteiger partial charge in [-0.15, -0.1) is 0 Å². The van der Waals surface area contributed by atoms with Gasteiger partial charge in [-0.05, 0) is 24.3 Å². The van der Waals surface area contributed by atoms with Crippen molar-refractivity contribution in [2.75, 3.05) is 12.8 Å². The Bertz CT molecular complexity index is 705. The number of nitrogen functional groups attached to an aromatic ring is 1. The summed E-state index contributed by atoms with van der Waals surface area (Å²) < 4.78 is 6.86. The number of nitrogens with zero attached hydrogens (tertiary/aromatic N) is 3. The van der Waals surface area contributed by atoms with E-state index < -0.39 is 0 Å². The van der Waals surface area contributed by atoms with E-state index in [1.165, 1.54) is 0 Å². The van der Waals surface area contributed by atoms with Gasteiger partial charge in [-0.3, -0.25) is 0 Å². The number of pyridine rings is 1. The summed E-state index contributed by atoms with van der Waals surface area (Å²) in [6.07, 6.45) is 1.79. The van der Waals surface area contributed by atoms with E-state index >= 15 is 0 Å². The molecule has 5 nitrogen and oxygen atoms in total. The van der Waals surface area contributed by atoms with Crippen LogP contribution in [0.3, 0.4) is 0 Å². The van der Waals surface area contributed by atoms with Gasteiger partial charge in [0.15, 0.2) is 5.82 Å². The van der Waals surface area contributed by atoms with Crippen LogP contribution in [0.4, 0.5) is 5.69 Å². The maximum atomic E-state index is 5.80. The number of nitrogens with two attached hydrogens (primary N) is 1. The summed E-state index contributed by atoms with van der Waals surface area (Å²) in [5.74, 6) is 1.26. The van der Waals surface area contributed by atoms with Crippen molar-refractivity contribution in [3.05, 3.63) is 42.6 Å². The third-order valence-corrected chi connectivity index (χ3v) is 2.73. The highest BCUT2D eigenvalue weighted by Gasteiger charge is 2.07. The first-order chi connectivity index (χ1) is 8.78. The van der Waals surface area contributed by atoms with Crippen LogP contribution in [0.2, 0.25) is 0 Å². The molecule has 3 rings (SSSR count). The molecule has 0 bridgehead atoms. The maximum absolute atomic E-state index is 5.80. The minimum atomic E-state index is 0.556. The van der Waals surface area contributed by atoms with Crippen LogP contribution >= 0.6 is 0 Å². The van der Waals surface area contributed by atoms with E-state index in [4.69, 9.17) is 10.5 Å². The van der Waals surface area contributed by atoms with Crippen LogP contribution in [0.15, 0.2) is 42.6 Å². The predicted molar refractivity (Wildman–Crippen MR) is 69.8 cm³/mol. The van der Waals surface area contributed by atoms with E-state index in [1.807, 2.05) is 30.3 Å². The molecule has 1 aromatic carbocycles. The Morgan fingerprint density at radius 3 is 2.94 bits per heavy atom. The molecular weight excluding hydrogens is 228 g/mol. The van der Waals surface area contributed by atoms with Crippen molar-refractivity contribution >= 4 is 16.6 Å². The fourth-order valence-corrected chi connectivity index (χ4v) is 1.85. The molecule has 2 heterocycles. The second-order valence-electron chi connectivity index (χ2n) is 3.91. The Morgan fingerprint density at radius 1 is 1.22 bits per heavy atom. The maximum Gasteiger partial charge on any atom is 0.214 e. The molecule has 0 saturated heterocycles. The molecule has 3 aromatic rings. The van der Waals surface area contributed by atoms with Gasteiger partial charge in [0.1, 0.15) is 0 Å². The molecule has 0 saturated carbocycles. The smallest absolute Gasteiger partial charge is 0.214 e. The van der Waals surface area contributed by atoms with Crippen LogP contribution in [0.1, 0.15) is 0 Å². The largest absolute Gasteiger partial charge is 0.481 e. The van der Waals surface area contributed by atoms with E-state index in [0.29, 0.717) is 17.4 Å². The summed E-state index contributed by atoms with van der Waals surface area (Å²) in [7, 11) is 1.59. The zero-order chi connectivity index (χ0) is 12.5. The molecule has 0 aliphatic carbocycles. The Balaban J connectivity index is 2.21. The molecular formula is C13H12N4O. The Morgan fingerprint density at radius 2 is 2.11 bits per heavy atom. The number of ether oxygens (including phenoxy) is 1. The van der Waals surface area contributed by atoms with Crippen molar-refractivity contribution < 1.29 is 4.74 Å². The average Bonchev–Trinajstić information content (AvgIpc) is 2.81. The minimum absolute atomic E-state index is 0.556. The van der Waals surface area contributed by atoms with Crippen LogP contribution in [-0.2, 0) is 0 Å². The molecule has 0 spiro atoms. The summed E-state index contributed by atoms with van der Waals surface area (Å²) in [5, 5.41) is 5.35. The third kappa shape index (κ3) is 1.66. The number of hydrogen-bond donors (Lipinski definition) is 1. The first-order valence-corrected chi connectivity index (χ1v) is 5.52. The molecule has 0 amide bonds. The van der Waals surface area contributed by atoms with E-state index in [1.54, 1.807) is 24.1 Å². The molecule has 0 radical (unpaired) electrons. The standard InChI is InChI=1S/C13H12N4O/c1-18-13-4-2-3-12(16-13)17-11-7-10(14)6-5-9(11)8-15-17/h2-8H,14H2,1H3. The monoisotopic (exact) mass is 240 g/mol. The van der Waals surface area contributed by atoms with Gasteiger partial charge in [0, 0.05) is 17.1 Å². The molecule has 2 N–H and O–H groups in total. The van der Waals surface area contributed by atoms with Gasteiger partial charge in [-0.25, -0.2) is 4.68 Å². The van der Waals surface area contributed by atoms with Crippen LogP contribution in [-0.4, -0.2) is 21.9 Å². The number of hydrogen-bond acceptors (Lipinski definition) is 4. The Labute approximate surface area is 104 Å². The highest BCUT2D eigenvalue weighted by atomic mass is 16.5. The highest BCUT2D eigenvalue weighted by Crippen LogP contribution is 2.20. The summed E-state index contributed by atoms with van der Waals surface area (Å²) >= 11 is 0. The molecule has 0 fully saturated rings. The van der Waals surface area contributed by atoms with E-state index in [0.717, 1.165) is 10.9 Å². The molecule has 0 aliphatic rings. The fraction of sp³-hybridized carbons (Fsp3) is 0.0769. The molecule has 0 atom stereocenters. The van der Waals surface area contributed by atoms with Gasteiger partial charge in [0.05, 0.1) is 18.8 Å². The lowest BCUT2D eigenvalue weighted by molar-refractivity contribution is 0.397. The van der Waals surface area contributed by atoms with Crippen LogP contribution in [0, 0.1) is 0 Å². The number of methoxy groups -OCH3 is 1. The van der Waals surface area contributed by atoms with E-state index in [-0.39, 0.29) is 0 Å². The van der Waals surface area contributed by atoms with Gasteiger partial charge >= 0.3 is 0 Å². The lowest BCUT2D eigenvalue weighted by atomic mass is 10.2. The summed E-state index contributed by atoms with van der Waals surface area (Å²) in [6.45, 7) is 0. The average molecular weight is 240 g/mol. The molecule has 90 valence electrons. The van der Waals surface area contributed by atoms with Crippen molar-refractivity contribution in [3.63, 3.8) is 0 Å². The zero-order valence-corrected chi connectivity index (χ0v) is 9.87. The quantitative estimate of drug-likeness (QED) is 0.696. The molecule has 0 aliphatic heterocycles. The van der Waals surface area contributed by atoms with Crippen molar-refractivity contribution in [1.82, 2.24) is 14.8 Å². The number of rotatable bonds is 2. The van der Waals surface area contributed by atoms with Gasteiger partial charge in [0.25, 0.3) is 0 Å². The minimum Gasteiger partial charge on any atom is -0.481 e. The topological polar surface area (TPSA) is 66.0 Å². The predicted octanol–water partition coefficient (Wildman–Crippen LogP) is 2.01. The third-order valence-electron chi connectivity index (χ3n) is 2.73. The summed E-state index contributed by atoms with van der Waals surface area (Å²) in [6, 6.07) is 11.2. The number of aromatic nitrogens is 3. The van der Waals surface area contributed by atoms with Crippen LogP contribution < -0.4 is 10.5 Å². The molecule has 0 unspecified atom stereocenters.